The van der Waals surface area contributed by atoms with Crippen LogP contribution >= 0.6 is 0 Å². The van der Waals surface area contributed by atoms with Gasteiger partial charge < -0.3 is 1.43 Å². The molecule has 3 nitrogen and oxygen atoms in total. The fraction of sp³-hybridized carbons (Fsp3) is 1.00. The Morgan fingerprint density at radius 1 is 1.33 bits per heavy atom. The van der Waals surface area contributed by atoms with Crippen molar-refractivity contribution in [3.63, 3.8) is 0 Å². The first-order valence-corrected chi connectivity index (χ1v) is 2.73. The van der Waals surface area contributed by atoms with E-state index in [2.05, 4.69) is 0 Å². The van der Waals surface area contributed by atoms with Crippen LogP contribution in [0.3, 0.4) is 0 Å². The van der Waals surface area contributed by atoms with E-state index in [0.717, 1.165) is 0 Å². The van der Waals surface area contributed by atoms with Gasteiger partial charge in [0.2, 0.25) is 0 Å². The third kappa shape index (κ3) is 4.70. The molecule has 0 aromatic carbocycles. The molecule has 0 unspecified atom stereocenters. The number of halogens is 3. The zero-order valence-corrected chi connectivity index (χ0v) is 8.25. The van der Waals surface area contributed by atoms with Gasteiger partial charge >= 0.3 is 67.0 Å². The maximum absolute atomic E-state index is 10.7. The van der Waals surface area contributed by atoms with Crippen LogP contribution in [0.5, 0.6) is 0 Å². The van der Waals surface area contributed by atoms with Crippen LogP contribution < -0.4 is 51.4 Å². The van der Waals surface area contributed by atoms with Crippen LogP contribution in [0.15, 0.2) is 0 Å². The van der Waals surface area contributed by atoms with Gasteiger partial charge in [-0.2, -0.15) is 21.6 Å². The first kappa shape index (κ1) is 13.0. The second-order valence-electron chi connectivity index (χ2n) is 0.921. The van der Waals surface area contributed by atoms with Gasteiger partial charge in [-0.25, -0.2) is 0 Å². The van der Waals surface area contributed by atoms with Gasteiger partial charge in [-0.3, -0.25) is 4.55 Å². The van der Waals surface area contributed by atoms with E-state index in [-0.39, 0.29) is 52.8 Å². The zero-order chi connectivity index (χ0) is 7.00. The van der Waals surface area contributed by atoms with E-state index in [1.807, 2.05) is 0 Å². The van der Waals surface area contributed by atoms with Crippen molar-refractivity contribution in [2.75, 3.05) is 0 Å². The van der Waals surface area contributed by atoms with Crippen LogP contribution in [0.2, 0.25) is 0 Å². The van der Waals surface area contributed by atoms with Gasteiger partial charge in [0.05, 0.1) is 0 Å². The topological polar surface area (TPSA) is 54.4 Å². The average Bonchev–Trinajstić information content (AvgIpc) is 1.25. The third-order valence-electron chi connectivity index (χ3n) is 0.292. The Kier molecular flexibility index (Phi) is 5.26. The van der Waals surface area contributed by atoms with E-state index in [1.165, 1.54) is 0 Å². The third-order valence-corrected chi connectivity index (χ3v) is 0.877. The van der Waals surface area contributed by atoms with E-state index in [0.29, 0.717) is 0 Å². The largest absolute Gasteiger partial charge is 1.00 e. The van der Waals surface area contributed by atoms with Gasteiger partial charge in [-0.15, -0.1) is 0 Å². The summed E-state index contributed by atoms with van der Waals surface area (Å²) < 4.78 is 57.5. The maximum atomic E-state index is 10.7. The minimum atomic E-state index is -5.84. The molecule has 52 valence electrons. The molecule has 0 aliphatic rings. The molecule has 0 aromatic heterocycles. The van der Waals surface area contributed by atoms with Gasteiger partial charge in [0.1, 0.15) is 0 Å². The van der Waals surface area contributed by atoms with Crippen molar-refractivity contribution in [3.05, 3.63) is 0 Å². The summed E-state index contributed by atoms with van der Waals surface area (Å²) in [6.45, 7) is 0. The van der Waals surface area contributed by atoms with Crippen molar-refractivity contribution in [2.45, 2.75) is 5.51 Å². The summed E-state index contributed by atoms with van der Waals surface area (Å²) in [5.74, 6) is 0. The van der Waals surface area contributed by atoms with Gasteiger partial charge in [0, 0.05) is 0 Å². The minimum absolute atomic E-state index is 0. The van der Waals surface area contributed by atoms with Crippen molar-refractivity contribution in [2.24, 2.45) is 0 Å². The minimum Gasteiger partial charge on any atom is -1.00 e. The molecule has 0 heterocycles. The number of alkyl halides is 3. The molecule has 0 saturated heterocycles. The average molecular weight is 190 g/mol. The number of hydrogen-bond donors (Lipinski definition) is 1. The molecule has 0 aromatic rings. The molecular weight excluding hydrogens is 188 g/mol. The first-order chi connectivity index (χ1) is 3.25. The van der Waals surface area contributed by atoms with Crippen molar-refractivity contribution >= 4 is 10.1 Å². The summed E-state index contributed by atoms with van der Waals surface area (Å²) in [4.78, 5) is 0. The Hall–Kier alpha value is 1.34. The smallest absolute Gasteiger partial charge is 1.00 e. The number of rotatable bonds is 0. The molecule has 0 saturated carbocycles. The molecule has 1 N–H and O–H groups in total. The second kappa shape index (κ2) is 3.65. The molecule has 9 heavy (non-hydrogen) atoms. The quantitative estimate of drug-likeness (QED) is 0.261. The molecular formula is CH2F3KO3S. The second-order valence-corrected chi connectivity index (χ2v) is 2.33. The summed E-state index contributed by atoms with van der Waals surface area (Å²) >= 11 is 0. The van der Waals surface area contributed by atoms with E-state index >= 15 is 0 Å². The molecule has 0 amide bonds. The molecule has 8 heteroatoms. The summed E-state index contributed by atoms with van der Waals surface area (Å²) in [7, 11) is -5.84. The van der Waals surface area contributed by atoms with Crippen LogP contribution in [-0.2, 0) is 10.1 Å². The molecule has 0 bridgehead atoms. The Labute approximate surface area is 93.3 Å². The van der Waals surface area contributed by atoms with Crippen molar-refractivity contribution in [1.82, 2.24) is 0 Å². The molecule has 0 radical (unpaired) electrons. The Bertz CT molecular complexity index is 173. The fourth-order valence-electron chi connectivity index (χ4n) is 0. The van der Waals surface area contributed by atoms with Gasteiger partial charge in [-0.05, 0) is 0 Å². The van der Waals surface area contributed by atoms with E-state index in [4.69, 9.17) is 13.0 Å². The monoisotopic (exact) mass is 190 g/mol. The summed E-state index contributed by atoms with van der Waals surface area (Å²) in [6, 6.07) is 0. The SMILES string of the molecule is O=S(=O)(O)C(F)(F)F.[H-].[K+]. The molecule has 0 fully saturated rings. The summed E-state index contributed by atoms with van der Waals surface area (Å²) in [6.07, 6.45) is 0. The normalized spacial score (nSPS) is 12.4. The van der Waals surface area contributed by atoms with Crippen LogP contribution in [0.25, 0.3) is 0 Å². The molecule has 0 spiro atoms. The van der Waals surface area contributed by atoms with Crippen LogP contribution in [0, 0.1) is 0 Å². The Morgan fingerprint density at radius 3 is 1.44 bits per heavy atom. The van der Waals surface area contributed by atoms with Gasteiger partial charge in [0.25, 0.3) is 0 Å². The first-order valence-electron chi connectivity index (χ1n) is 1.29. The van der Waals surface area contributed by atoms with E-state index < -0.39 is 15.6 Å². The predicted molar refractivity (Wildman–Crippen MR) is 18.7 cm³/mol. The Morgan fingerprint density at radius 2 is 1.44 bits per heavy atom. The Balaban J connectivity index is -0.000000245. The van der Waals surface area contributed by atoms with Gasteiger partial charge in [-0.1, -0.05) is 0 Å². The molecule has 0 atom stereocenters. The standard InChI is InChI=1S/CHF3O3S.K.H/c2-1(3,4)8(5,6)7;;/h(H,5,6,7);;/q;+1;-1. The van der Waals surface area contributed by atoms with E-state index in [9.17, 15) is 13.2 Å². The molecule has 0 aliphatic heterocycles. The van der Waals surface area contributed by atoms with Crippen LogP contribution in [-0.4, -0.2) is 18.5 Å². The zero-order valence-electron chi connectivity index (χ0n) is 5.31. The maximum Gasteiger partial charge on any atom is 1.00 e. The van der Waals surface area contributed by atoms with Gasteiger partial charge in [0.15, 0.2) is 0 Å². The molecule has 0 rings (SSSR count). The van der Waals surface area contributed by atoms with Crippen molar-refractivity contribution in [1.29, 1.82) is 0 Å². The van der Waals surface area contributed by atoms with Crippen molar-refractivity contribution < 1.29 is 79.0 Å². The van der Waals surface area contributed by atoms with Crippen molar-refractivity contribution in [3.8, 4) is 0 Å². The van der Waals surface area contributed by atoms with E-state index in [1.54, 1.807) is 0 Å². The molecule has 0 aliphatic carbocycles. The van der Waals surface area contributed by atoms with Crippen LogP contribution in [0.1, 0.15) is 1.43 Å². The fourth-order valence-corrected chi connectivity index (χ4v) is 0. The summed E-state index contributed by atoms with van der Waals surface area (Å²) in [5.41, 5.74) is -5.53. The predicted octanol–water partition coefficient (Wildman–Crippen LogP) is -2.49. The summed E-state index contributed by atoms with van der Waals surface area (Å²) in [5, 5.41) is 0. The van der Waals surface area contributed by atoms with Crippen LogP contribution in [0.4, 0.5) is 13.2 Å². The number of hydrogen-bond acceptors (Lipinski definition) is 2.